The van der Waals surface area contributed by atoms with Crippen LogP contribution < -0.4 is 0 Å². The van der Waals surface area contributed by atoms with Crippen molar-refractivity contribution in [1.82, 2.24) is 0 Å². The highest BCUT2D eigenvalue weighted by atomic mass is 16.5. The SMILES string of the molecule is COC(=O)C1(c2cccc(C(C)(C)C)c2)CCC(C)CC1.COC(=O)C1CCC(C)CC1.COC(=O)c1ccc(C)c(C(C)(C)C)c1. The molecule has 6 nitrogen and oxygen atoms in total. The van der Waals surface area contributed by atoms with Gasteiger partial charge in [-0.3, -0.25) is 9.59 Å². The molecule has 0 aromatic heterocycles. The minimum absolute atomic E-state index is 0.0168. The first-order valence-electron chi connectivity index (χ1n) is 17.4. The fraction of sp³-hybridized carbons (Fsp3) is 0.634. The van der Waals surface area contributed by atoms with Crippen molar-refractivity contribution in [3.63, 3.8) is 0 Å². The third-order valence-corrected chi connectivity index (χ3v) is 10.0. The van der Waals surface area contributed by atoms with Crippen molar-refractivity contribution >= 4 is 17.9 Å². The first-order valence-corrected chi connectivity index (χ1v) is 17.4. The summed E-state index contributed by atoms with van der Waals surface area (Å²) in [6.45, 7) is 19.6. The monoisotopic (exact) mass is 650 g/mol. The summed E-state index contributed by atoms with van der Waals surface area (Å²) in [7, 11) is 4.38. The van der Waals surface area contributed by atoms with Crippen LogP contribution in [0.5, 0.6) is 0 Å². The Hall–Kier alpha value is -3.15. The van der Waals surface area contributed by atoms with E-state index in [1.165, 1.54) is 50.9 Å². The smallest absolute Gasteiger partial charge is 0.337 e. The van der Waals surface area contributed by atoms with Gasteiger partial charge in [-0.25, -0.2) is 4.79 Å². The predicted molar refractivity (Wildman–Crippen MR) is 191 cm³/mol. The average Bonchev–Trinajstić information content (AvgIpc) is 3.04. The molecule has 4 rings (SSSR count). The Balaban J connectivity index is 0.000000259. The lowest BCUT2D eigenvalue weighted by molar-refractivity contribution is -0.149. The lowest BCUT2D eigenvalue weighted by Gasteiger charge is -2.38. The van der Waals surface area contributed by atoms with E-state index in [4.69, 9.17) is 9.47 Å². The molecule has 0 amide bonds. The van der Waals surface area contributed by atoms with Crippen molar-refractivity contribution in [2.24, 2.45) is 17.8 Å². The largest absolute Gasteiger partial charge is 0.469 e. The maximum absolute atomic E-state index is 12.5. The van der Waals surface area contributed by atoms with Crippen molar-refractivity contribution in [3.8, 4) is 0 Å². The maximum Gasteiger partial charge on any atom is 0.337 e. The van der Waals surface area contributed by atoms with Crippen LogP contribution in [0.3, 0.4) is 0 Å². The molecular formula is C41H62O6. The van der Waals surface area contributed by atoms with Gasteiger partial charge in [-0.15, -0.1) is 0 Å². The number of ether oxygens (including phenoxy) is 3. The summed E-state index contributed by atoms with van der Waals surface area (Å²) in [6.07, 6.45) is 8.38. The molecule has 2 aliphatic carbocycles. The summed E-state index contributed by atoms with van der Waals surface area (Å²) >= 11 is 0. The number of hydrogen-bond acceptors (Lipinski definition) is 6. The zero-order valence-corrected chi connectivity index (χ0v) is 31.4. The second-order valence-electron chi connectivity index (χ2n) is 15.8. The van der Waals surface area contributed by atoms with Crippen LogP contribution in [0.25, 0.3) is 0 Å². The standard InChI is InChI=1S/C19H28O2.C13H18O2.C9H16O2/c1-14-9-11-19(12-10-14,17(20)21-5)16-8-6-7-15(13-16)18(2,3)4;1-9-6-7-10(12(14)15-5)8-11(9)13(2,3)4;1-7-3-5-8(6-4-7)9(10)11-2/h6-8,13-14H,9-12H2,1-5H3;6-8H,1-5H3;7-8H,3-6H2,1-2H3. The quantitative estimate of drug-likeness (QED) is 0.242. The van der Waals surface area contributed by atoms with Crippen LogP contribution in [0.2, 0.25) is 0 Å². The Labute approximate surface area is 285 Å². The molecule has 2 fully saturated rings. The van der Waals surface area contributed by atoms with E-state index in [-0.39, 0.29) is 34.7 Å². The van der Waals surface area contributed by atoms with Crippen LogP contribution in [0, 0.1) is 24.7 Å². The van der Waals surface area contributed by atoms with E-state index in [0.717, 1.165) is 50.0 Å². The lowest BCUT2D eigenvalue weighted by Crippen LogP contribution is -2.40. The molecule has 0 N–H and O–H groups in total. The number of esters is 3. The molecule has 0 bridgehead atoms. The van der Waals surface area contributed by atoms with Gasteiger partial charge in [-0.05, 0) is 115 Å². The summed E-state index contributed by atoms with van der Waals surface area (Å²) in [5, 5.41) is 0. The minimum Gasteiger partial charge on any atom is -0.469 e. The van der Waals surface area contributed by atoms with Gasteiger partial charge in [0.1, 0.15) is 0 Å². The van der Waals surface area contributed by atoms with E-state index in [0.29, 0.717) is 11.5 Å². The molecule has 2 aliphatic rings. The summed E-state index contributed by atoms with van der Waals surface area (Å²) in [5.41, 5.74) is 5.12. The molecule has 0 saturated heterocycles. The van der Waals surface area contributed by atoms with E-state index in [1.54, 1.807) is 6.07 Å². The van der Waals surface area contributed by atoms with Crippen molar-refractivity contribution < 1.29 is 28.6 Å². The molecule has 0 atom stereocenters. The van der Waals surface area contributed by atoms with Gasteiger partial charge in [0.2, 0.25) is 0 Å². The minimum atomic E-state index is -0.442. The van der Waals surface area contributed by atoms with Gasteiger partial charge < -0.3 is 14.2 Å². The van der Waals surface area contributed by atoms with E-state index in [2.05, 4.69) is 91.3 Å². The number of rotatable bonds is 4. The van der Waals surface area contributed by atoms with Crippen LogP contribution in [0.1, 0.15) is 139 Å². The van der Waals surface area contributed by atoms with Crippen LogP contribution >= 0.6 is 0 Å². The molecule has 0 unspecified atom stereocenters. The molecule has 0 radical (unpaired) electrons. The predicted octanol–water partition coefficient (Wildman–Crippen LogP) is 9.67. The maximum atomic E-state index is 12.5. The number of benzene rings is 2. The van der Waals surface area contributed by atoms with Gasteiger partial charge in [0.05, 0.1) is 38.2 Å². The van der Waals surface area contributed by atoms with E-state index >= 15 is 0 Å². The average molecular weight is 651 g/mol. The number of hydrogen-bond donors (Lipinski definition) is 0. The van der Waals surface area contributed by atoms with Gasteiger partial charge >= 0.3 is 17.9 Å². The van der Waals surface area contributed by atoms with Gasteiger partial charge in [0.25, 0.3) is 0 Å². The second-order valence-corrected chi connectivity index (χ2v) is 15.8. The van der Waals surface area contributed by atoms with Gasteiger partial charge in [0.15, 0.2) is 0 Å². The number of carbonyl (C=O) groups is 3. The topological polar surface area (TPSA) is 78.9 Å². The summed E-state index contributed by atoms with van der Waals surface area (Å²) in [4.78, 5) is 35.0. The first-order chi connectivity index (χ1) is 21.9. The van der Waals surface area contributed by atoms with E-state index in [1.807, 2.05) is 12.1 Å². The fourth-order valence-corrected chi connectivity index (χ4v) is 6.68. The Morgan fingerprint density at radius 2 is 1.28 bits per heavy atom. The van der Waals surface area contributed by atoms with E-state index in [9.17, 15) is 14.4 Å². The molecule has 6 heteroatoms. The highest BCUT2D eigenvalue weighted by molar-refractivity contribution is 5.89. The summed E-state index contributed by atoms with van der Waals surface area (Å²) in [6, 6.07) is 14.2. The third kappa shape index (κ3) is 11.2. The molecule has 2 aromatic carbocycles. The Morgan fingerprint density at radius 3 is 1.77 bits per heavy atom. The van der Waals surface area contributed by atoms with Gasteiger partial charge in [-0.2, -0.15) is 0 Å². The van der Waals surface area contributed by atoms with Crippen LogP contribution in [0.15, 0.2) is 42.5 Å². The molecular weight excluding hydrogens is 588 g/mol. The Kier molecular flexibility index (Phi) is 14.7. The normalized spacial score (nSPS) is 22.8. The molecule has 262 valence electrons. The highest BCUT2D eigenvalue weighted by Gasteiger charge is 2.44. The number of carbonyl (C=O) groups excluding carboxylic acids is 3. The van der Waals surface area contributed by atoms with Gasteiger partial charge in [-0.1, -0.05) is 85.7 Å². The number of methoxy groups -OCH3 is 3. The van der Waals surface area contributed by atoms with Crippen molar-refractivity contribution in [2.75, 3.05) is 21.3 Å². The van der Waals surface area contributed by atoms with Crippen molar-refractivity contribution in [1.29, 1.82) is 0 Å². The molecule has 2 aromatic rings. The zero-order valence-electron chi connectivity index (χ0n) is 31.4. The molecule has 0 heterocycles. The van der Waals surface area contributed by atoms with Gasteiger partial charge in [0, 0.05) is 0 Å². The van der Waals surface area contributed by atoms with Crippen LogP contribution in [0.4, 0.5) is 0 Å². The fourth-order valence-electron chi connectivity index (χ4n) is 6.68. The molecule has 0 aliphatic heterocycles. The van der Waals surface area contributed by atoms with Crippen molar-refractivity contribution in [3.05, 3.63) is 70.3 Å². The molecule has 47 heavy (non-hydrogen) atoms. The third-order valence-electron chi connectivity index (χ3n) is 10.0. The molecule has 0 spiro atoms. The first kappa shape index (κ1) is 40.0. The highest BCUT2D eigenvalue weighted by Crippen LogP contribution is 2.43. The Bertz CT molecular complexity index is 1310. The second kappa shape index (κ2) is 17.3. The molecule has 2 saturated carbocycles. The zero-order chi connectivity index (χ0) is 35.6. The summed E-state index contributed by atoms with van der Waals surface area (Å²) < 4.78 is 14.6. The lowest BCUT2D eigenvalue weighted by atomic mass is 9.66. The van der Waals surface area contributed by atoms with Crippen LogP contribution in [-0.2, 0) is 40.0 Å². The van der Waals surface area contributed by atoms with Crippen molar-refractivity contribution in [2.45, 2.75) is 130 Å². The van der Waals surface area contributed by atoms with E-state index < -0.39 is 5.41 Å². The number of aryl methyl sites for hydroxylation is 1. The summed E-state index contributed by atoms with van der Waals surface area (Å²) in [5.74, 6) is 1.33. The Morgan fingerprint density at radius 1 is 0.702 bits per heavy atom. The van der Waals surface area contributed by atoms with Crippen LogP contribution in [-0.4, -0.2) is 39.2 Å².